The summed E-state index contributed by atoms with van der Waals surface area (Å²) >= 11 is 3.39. The molecule has 84 valence electrons. The molecular weight excluding hydrogens is 276 g/mol. The summed E-state index contributed by atoms with van der Waals surface area (Å²) in [5, 5.41) is -0.318. The summed E-state index contributed by atoms with van der Waals surface area (Å²) in [4.78, 5) is 0. The molecule has 0 atom stereocenters. The molecule has 0 bridgehead atoms. The Hall–Kier alpha value is -0.350. The first kappa shape index (κ1) is 12.7. The van der Waals surface area contributed by atoms with Crippen molar-refractivity contribution in [1.82, 2.24) is 0 Å². The van der Waals surface area contributed by atoms with Crippen LogP contribution in [0.5, 0.6) is 0 Å². The Bertz CT molecular complexity index is 450. The highest BCUT2D eigenvalue weighted by Crippen LogP contribution is 2.19. The molecule has 0 N–H and O–H groups in total. The maximum Gasteiger partial charge on any atom is 0.156 e. The number of sulfone groups is 1. The lowest BCUT2D eigenvalue weighted by atomic mass is 10.2. The average Bonchev–Trinajstić information content (AvgIpc) is 2.10. The van der Waals surface area contributed by atoms with Gasteiger partial charge in [0.05, 0.1) is 11.0 Å². The molecule has 0 aliphatic carbocycles. The fourth-order valence-corrected chi connectivity index (χ4v) is 2.42. The first-order chi connectivity index (χ1) is 6.83. The van der Waals surface area contributed by atoms with Gasteiger partial charge in [-0.15, -0.1) is 0 Å². The van der Waals surface area contributed by atoms with E-state index in [9.17, 15) is 8.42 Å². The Kier molecular flexibility index (Phi) is 3.95. The Morgan fingerprint density at radius 3 is 2.40 bits per heavy atom. The fourth-order valence-electron chi connectivity index (χ4n) is 1.20. The van der Waals surface area contributed by atoms with Crippen molar-refractivity contribution in [2.45, 2.75) is 31.8 Å². The summed E-state index contributed by atoms with van der Waals surface area (Å²) in [5.41, 5.74) is 1.91. The van der Waals surface area contributed by atoms with Crippen molar-refractivity contribution in [3.63, 3.8) is 0 Å². The zero-order chi connectivity index (χ0) is 11.6. The van der Waals surface area contributed by atoms with Crippen LogP contribution in [-0.4, -0.2) is 13.7 Å². The van der Waals surface area contributed by atoms with E-state index < -0.39 is 9.84 Å². The zero-order valence-corrected chi connectivity index (χ0v) is 11.5. The van der Waals surface area contributed by atoms with Crippen LogP contribution in [-0.2, 0) is 15.6 Å². The third kappa shape index (κ3) is 3.31. The van der Waals surface area contributed by atoms with Crippen LogP contribution in [0.1, 0.15) is 25.0 Å². The molecule has 0 fully saturated rings. The monoisotopic (exact) mass is 290 g/mol. The molecule has 0 aliphatic heterocycles. The van der Waals surface area contributed by atoms with E-state index in [2.05, 4.69) is 15.9 Å². The van der Waals surface area contributed by atoms with Crippen LogP contribution in [0.2, 0.25) is 0 Å². The van der Waals surface area contributed by atoms with Crippen molar-refractivity contribution in [3.8, 4) is 0 Å². The van der Waals surface area contributed by atoms with Gasteiger partial charge in [0.2, 0.25) is 0 Å². The molecule has 0 spiro atoms. The molecule has 1 aromatic carbocycles. The van der Waals surface area contributed by atoms with Crippen molar-refractivity contribution < 1.29 is 8.42 Å². The van der Waals surface area contributed by atoms with Crippen LogP contribution in [0, 0.1) is 6.92 Å². The van der Waals surface area contributed by atoms with Gasteiger partial charge < -0.3 is 0 Å². The second-order valence-electron chi connectivity index (χ2n) is 3.94. The lowest BCUT2D eigenvalue weighted by Gasteiger charge is -2.08. The van der Waals surface area contributed by atoms with E-state index in [1.165, 1.54) is 0 Å². The van der Waals surface area contributed by atoms with Gasteiger partial charge >= 0.3 is 0 Å². The first-order valence-electron chi connectivity index (χ1n) is 4.79. The largest absolute Gasteiger partial charge is 0.228 e. The highest BCUT2D eigenvalue weighted by atomic mass is 79.9. The van der Waals surface area contributed by atoms with Crippen LogP contribution in [0.4, 0.5) is 0 Å². The van der Waals surface area contributed by atoms with Gasteiger partial charge in [0, 0.05) is 4.47 Å². The SMILES string of the molecule is Cc1cc(CS(=O)(=O)C(C)C)ccc1Br. The normalized spacial score (nSPS) is 12.1. The standard InChI is InChI=1S/C11H15BrO2S/c1-8(2)15(13,14)7-10-4-5-11(12)9(3)6-10/h4-6,8H,7H2,1-3H3. The number of aryl methyl sites for hydroxylation is 1. The van der Waals surface area contributed by atoms with Gasteiger partial charge in [-0.1, -0.05) is 28.1 Å². The Balaban J connectivity index is 2.96. The van der Waals surface area contributed by atoms with Crippen LogP contribution in [0.15, 0.2) is 22.7 Å². The predicted molar refractivity (Wildman–Crippen MR) is 66.6 cm³/mol. The molecule has 1 rings (SSSR count). The molecule has 0 radical (unpaired) electrons. The Labute approximate surface area is 99.7 Å². The molecule has 0 saturated carbocycles. The minimum atomic E-state index is -3.00. The molecule has 15 heavy (non-hydrogen) atoms. The van der Waals surface area contributed by atoms with E-state index in [0.717, 1.165) is 15.6 Å². The van der Waals surface area contributed by atoms with Gasteiger partial charge in [-0.3, -0.25) is 0 Å². The highest BCUT2D eigenvalue weighted by Gasteiger charge is 2.16. The number of hydrogen-bond acceptors (Lipinski definition) is 2. The molecule has 1 aromatic rings. The van der Waals surface area contributed by atoms with Gasteiger partial charge in [0.1, 0.15) is 0 Å². The second kappa shape index (κ2) is 4.66. The molecule has 0 heterocycles. The van der Waals surface area contributed by atoms with Gasteiger partial charge in [-0.25, -0.2) is 8.42 Å². The van der Waals surface area contributed by atoms with E-state index >= 15 is 0 Å². The van der Waals surface area contributed by atoms with E-state index in [-0.39, 0.29) is 11.0 Å². The summed E-state index contributed by atoms with van der Waals surface area (Å²) in [6, 6.07) is 5.64. The predicted octanol–water partition coefficient (Wildman–Crippen LogP) is 3.08. The van der Waals surface area contributed by atoms with Crippen LogP contribution < -0.4 is 0 Å². The molecule has 0 aromatic heterocycles. The van der Waals surface area contributed by atoms with Crippen LogP contribution >= 0.6 is 15.9 Å². The lowest BCUT2D eigenvalue weighted by Crippen LogP contribution is -2.16. The maximum atomic E-state index is 11.7. The van der Waals surface area contributed by atoms with Gasteiger partial charge in [-0.05, 0) is 38.0 Å². The molecule has 2 nitrogen and oxygen atoms in total. The van der Waals surface area contributed by atoms with Crippen molar-refractivity contribution in [1.29, 1.82) is 0 Å². The second-order valence-corrected chi connectivity index (χ2v) is 7.35. The topological polar surface area (TPSA) is 34.1 Å². The Morgan fingerprint density at radius 2 is 1.93 bits per heavy atom. The molecular formula is C11H15BrO2S. The Morgan fingerprint density at radius 1 is 1.33 bits per heavy atom. The summed E-state index contributed by atoms with van der Waals surface area (Å²) in [5.74, 6) is 0.124. The van der Waals surface area contributed by atoms with Crippen molar-refractivity contribution >= 4 is 25.8 Å². The quantitative estimate of drug-likeness (QED) is 0.857. The van der Waals surface area contributed by atoms with E-state index in [0.29, 0.717) is 0 Å². The summed E-state index contributed by atoms with van der Waals surface area (Å²) in [6.07, 6.45) is 0. The zero-order valence-electron chi connectivity index (χ0n) is 9.12. The van der Waals surface area contributed by atoms with E-state index in [1.54, 1.807) is 13.8 Å². The smallest absolute Gasteiger partial charge is 0.156 e. The molecule has 0 amide bonds. The third-order valence-corrected chi connectivity index (χ3v) is 5.37. The highest BCUT2D eigenvalue weighted by molar-refractivity contribution is 9.10. The molecule has 0 saturated heterocycles. The number of halogens is 1. The molecule has 4 heteroatoms. The molecule has 0 unspecified atom stereocenters. The number of rotatable bonds is 3. The van der Waals surface area contributed by atoms with Crippen molar-refractivity contribution in [2.75, 3.05) is 0 Å². The van der Waals surface area contributed by atoms with Gasteiger partial charge in [-0.2, -0.15) is 0 Å². The minimum absolute atomic E-state index is 0.124. The number of hydrogen-bond donors (Lipinski definition) is 0. The summed E-state index contributed by atoms with van der Waals surface area (Å²) in [6.45, 7) is 5.37. The van der Waals surface area contributed by atoms with Crippen LogP contribution in [0.25, 0.3) is 0 Å². The minimum Gasteiger partial charge on any atom is -0.228 e. The van der Waals surface area contributed by atoms with Gasteiger partial charge in [0.25, 0.3) is 0 Å². The average molecular weight is 291 g/mol. The van der Waals surface area contributed by atoms with E-state index in [4.69, 9.17) is 0 Å². The fraction of sp³-hybridized carbons (Fsp3) is 0.455. The molecule has 0 aliphatic rings. The first-order valence-corrected chi connectivity index (χ1v) is 7.30. The number of benzene rings is 1. The van der Waals surface area contributed by atoms with Crippen molar-refractivity contribution in [3.05, 3.63) is 33.8 Å². The van der Waals surface area contributed by atoms with Crippen LogP contribution in [0.3, 0.4) is 0 Å². The summed E-state index contributed by atoms with van der Waals surface area (Å²) in [7, 11) is -3.00. The van der Waals surface area contributed by atoms with Crippen molar-refractivity contribution in [2.24, 2.45) is 0 Å². The maximum absolute atomic E-state index is 11.7. The third-order valence-electron chi connectivity index (χ3n) is 2.31. The van der Waals surface area contributed by atoms with Gasteiger partial charge in [0.15, 0.2) is 9.84 Å². The van der Waals surface area contributed by atoms with E-state index in [1.807, 2.05) is 25.1 Å². The summed E-state index contributed by atoms with van der Waals surface area (Å²) < 4.78 is 24.4. The lowest BCUT2D eigenvalue weighted by molar-refractivity contribution is 0.586.